The van der Waals surface area contributed by atoms with Crippen LogP contribution in [0.1, 0.15) is 37.0 Å². The molecule has 0 aliphatic carbocycles. The maximum atomic E-state index is 12.9. The van der Waals surface area contributed by atoms with E-state index in [0.29, 0.717) is 12.1 Å². The van der Waals surface area contributed by atoms with Crippen LogP contribution in [0.25, 0.3) is 22.0 Å². The zero-order chi connectivity index (χ0) is 31.5. The third-order valence-electron chi connectivity index (χ3n) is 8.71. The minimum atomic E-state index is -4.77. The molecule has 4 N–H and O–H groups in total. The number of aromatic nitrogens is 1. The molecule has 0 unspecified atom stereocenters. The van der Waals surface area contributed by atoms with Crippen LogP contribution in [0, 0.1) is 0 Å². The first-order chi connectivity index (χ1) is 21.0. The highest BCUT2D eigenvalue weighted by atomic mass is 35.5. The summed E-state index contributed by atoms with van der Waals surface area (Å²) in [4.78, 5) is 5.00. The van der Waals surface area contributed by atoms with Gasteiger partial charge in [0.25, 0.3) is 0 Å². The molecule has 252 valence electrons. The molecule has 12 heteroatoms. The van der Waals surface area contributed by atoms with Crippen molar-refractivity contribution >= 4 is 35.7 Å². The highest BCUT2D eigenvalue weighted by Crippen LogP contribution is 2.37. The summed E-state index contributed by atoms with van der Waals surface area (Å²) in [6.45, 7) is 10.5. The second-order valence-corrected chi connectivity index (χ2v) is 11.9. The fraction of sp³-hybridized carbons (Fsp3) is 0.412. The summed E-state index contributed by atoms with van der Waals surface area (Å²) in [6.07, 6.45) is -1.90. The Labute approximate surface area is 281 Å². The largest absolute Gasteiger partial charge is 0.573 e. The molecule has 0 radical (unpaired) electrons. The van der Waals surface area contributed by atoms with E-state index in [9.17, 15) is 13.2 Å². The monoisotopic (exact) mass is 681 g/mol. The van der Waals surface area contributed by atoms with Gasteiger partial charge in [0.2, 0.25) is 0 Å². The first-order valence-corrected chi connectivity index (χ1v) is 15.1. The Bertz CT molecular complexity index is 1590. The topological polar surface area (TPSA) is 81.9 Å². The van der Waals surface area contributed by atoms with Gasteiger partial charge in [0.15, 0.2) is 0 Å². The van der Waals surface area contributed by atoms with Gasteiger partial charge >= 0.3 is 6.36 Å². The molecule has 1 aromatic heterocycles. The fourth-order valence-electron chi connectivity index (χ4n) is 6.21. The lowest BCUT2D eigenvalue weighted by molar-refractivity contribution is -0.274. The summed E-state index contributed by atoms with van der Waals surface area (Å²) in [5.74, 6) is 0.591. The third kappa shape index (κ3) is 8.48. The predicted molar refractivity (Wildman–Crippen MR) is 183 cm³/mol. The zero-order valence-electron chi connectivity index (χ0n) is 26.5. The number of ether oxygens (including phenoxy) is 2. The lowest BCUT2D eigenvalue weighted by Crippen LogP contribution is -2.52. The standard InChI is InChI=1S/C34H42F3N5O2.2ClH/c1-33(2,26-6-4-7-27(20-26)43-3)42-16-14-40(15-17-42)22-24-8-11-32-30(18-24)31(23-41(32)13-5-12-38)29-10-9-28(19-25(29)21-39)44-34(35,36)37;;/h4,6-11,18-20,23H,5,12-17,21-22,38-39H2,1-3H3;2*1H. The number of nitrogens with zero attached hydrogens (tertiary/aromatic N) is 3. The van der Waals surface area contributed by atoms with Crippen molar-refractivity contribution in [1.82, 2.24) is 14.4 Å². The van der Waals surface area contributed by atoms with Crippen LogP contribution in [-0.2, 0) is 25.2 Å². The van der Waals surface area contributed by atoms with E-state index >= 15 is 0 Å². The van der Waals surface area contributed by atoms with E-state index < -0.39 is 6.36 Å². The van der Waals surface area contributed by atoms with Gasteiger partial charge in [0, 0.05) is 74.0 Å². The van der Waals surface area contributed by atoms with E-state index in [1.807, 2.05) is 12.1 Å². The summed E-state index contributed by atoms with van der Waals surface area (Å²) in [5.41, 5.74) is 17.5. The zero-order valence-corrected chi connectivity index (χ0v) is 28.1. The average molecular weight is 683 g/mol. The van der Waals surface area contributed by atoms with Crippen molar-refractivity contribution in [2.75, 3.05) is 39.8 Å². The van der Waals surface area contributed by atoms with Crippen molar-refractivity contribution < 1.29 is 22.6 Å². The summed E-state index contributed by atoms with van der Waals surface area (Å²) in [7, 11) is 1.70. The molecule has 0 saturated carbocycles. The Morgan fingerprint density at radius 1 is 0.848 bits per heavy atom. The van der Waals surface area contributed by atoms with E-state index in [0.717, 1.165) is 73.5 Å². The van der Waals surface area contributed by atoms with Crippen LogP contribution in [0.15, 0.2) is 66.9 Å². The summed E-state index contributed by atoms with van der Waals surface area (Å²) in [5, 5.41) is 1.04. The van der Waals surface area contributed by atoms with Crippen LogP contribution in [0.2, 0.25) is 0 Å². The minimum absolute atomic E-state index is 0. The number of nitrogens with two attached hydrogens (primary N) is 2. The van der Waals surface area contributed by atoms with E-state index in [4.69, 9.17) is 16.2 Å². The molecule has 1 fully saturated rings. The highest BCUT2D eigenvalue weighted by Gasteiger charge is 2.32. The number of rotatable bonds is 11. The molecule has 0 atom stereocenters. The molecular weight excluding hydrogens is 638 g/mol. The van der Waals surface area contributed by atoms with Crippen LogP contribution in [0.4, 0.5) is 13.2 Å². The van der Waals surface area contributed by atoms with Gasteiger partial charge in [0.1, 0.15) is 11.5 Å². The van der Waals surface area contributed by atoms with Crippen molar-refractivity contribution in [2.24, 2.45) is 11.5 Å². The van der Waals surface area contributed by atoms with E-state index in [1.165, 1.54) is 23.3 Å². The first kappa shape index (κ1) is 37.5. The SMILES string of the molecule is COc1cccc(C(C)(C)N2CCN(Cc3ccc4c(c3)c(-c3ccc(OC(F)(F)F)cc3CN)cn4CCCN)CC2)c1.Cl.Cl. The molecule has 46 heavy (non-hydrogen) atoms. The van der Waals surface area contributed by atoms with Crippen LogP contribution < -0.4 is 20.9 Å². The number of piperazine rings is 1. The van der Waals surface area contributed by atoms with E-state index in [1.54, 1.807) is 13.2 Å². The van der Waals surface area contributed by atoms with Gasteiger partial charge in [0.05, 0.1) is 7.11 Å². The number of methoxy groups -OCH3 is 1. The Balaban J connectivity index is 0.00000288. The van der Waals surface area contributed by atoms with Crippen LogP contribution in [0.3, 0.4) is 0 Å². The van der Waals surface area contributed by atoms with Crippen LogP contribution in [0.5, 0.6) is 11.5 Å². The quantitative estimate of drug-likeness (QED) is 0.179. The van der Waals surface area contributed by atoms with Crippen molar-refractivity contribution in [1.29, 1.82) is 0 Å². The molecule has 2 heterocycles. The molecule has 7 nitrogen and oxygen atoms in total. The van der Waals surface area contributed by atoms with E-state index in [-0.39, 0.29) is 42.6 Å². The first-order valence-electron chi connectivity index (χ1n) is 15.1. The number of hydrogen-bond donors (Lipinski definition) is 2. The van der Waals surface area contributed by atoms with Crippen molar-refractivity contribution in [3.8, 4) is 22.6 Å². The predicted octanol–water partition coefficient (Wildman–Crippen LogP) is 6.92. The van der Waals surface area contributed by atoms with Gasteiger partial charge in [-0.3, -0.25) is 9.80 Å². The molecule has 0 bridgehead atoms. The second kappa shape index (κ2) is 15.7. The maximum Gasteiger partial charge on any atom is 0.573 e. The molecule has 0 amide bonds. The highest BCUT2D eigenvalue weighted by molar-refractivity contribution is 5.97. The maximum absolute atomic E-state index is 12.9. The van der Waals surface area contributed by atoms with Gasteiger partial charge in [-0.2, -0.15) is 0 Å². The molecule has 1 saturated heterocycles. The summed E-state index contributed by atoms with van der Waals surface area (Å²) >= 11 is 0. The number of aryl methyl sites for hydroxylation is 1. The van der Waals surface area contributed by atoms with Gasteiger partial charge in [-0.05, 0) is 85.5 Å². The van der Waals surface area contributed by atoms with Gasteiger partial charge in [-0.1, -0.05) is 24.3 Å². The molecule has 0 spiro atoms. The molecule has 3 aromatic carbocycles. The average Bonchev–Trinajstić information content (AvgIpc) is 3.36. The van der Waals surface area contributed by atoms with Crippen molar-refractivity contribution in [3.63, 3.8) is 0 Å². The van der Waals surface area contributed by atoms with Gasteiger partial charge in [-0.15, -0.1) is 38.0 Å². The Hall–Kier alpha value is -2.99. The summed E-state index contributed by atoms with van der Waals surface area (Å²) in [6, 6.07) is 19.2. The normalized spacial score (nSPS) is 14.5. The number of fused-ring (bicyclic) bond motifs is 1. The van der Waals surface area contributed by atoms with Crippen LogP contribution in [-0.4, -0.2) is 60.6 Å². The third-order valence-corrected chi connectivity index (χ3v) is 8.71. The molecule has 5 rings (SSSR count). The summed E-state index contributed by atoms with van der Waals surface area (Å²) < 4.78 is 50.4. The van der Waals surface area contributed by atoms with Gasteiger partial charge < -0.3 is 25.5 Å². The lowest BCUT2D eigenvalue weighted by Gasteiger charge is -2.44. The minimum Gasteiger partial charge on any atom is -0.497 e. The van der Waals surface area contributed by atoms with Crippen LogP contribution >= 0.6 is 24.8 Å². The second-order valence-electron chi connectivity index (χ2n) is 11.9. The Morgan fingerprint density at radius 2 is 1.59 bits per heavy atom. The molecular formula is C34H44Cl2F3N5O2. The van der Waals surface area contributed by atoms with Crippen molar-refractivity contribution in [2.45, 2.75) is 51.8 Å². The number of alkyl halides is 3. The lowest BCUT2D eigenvalue weighted by atomic mass is 9.91. The fourth-order valence-corrected chi connectivity index (χ4v) is 6.21. The number of halogens is 5. The molecule has 1 aliphatic rings. The Kier molecular flexibility index (Phi) is 12.8. The van der Waals surface area contributed by atoms with Crippen molar-refractivity contribution in [3.05, 3.63) is 83.6 Å². The molecule has 4 aromatic rings. The van der Waals surface area contributed by atoms with E-state index in [2.05, 4.69) is 69.5 Å². The number of benzene rings is 3. The Morgan fingerprint density at radius 3 is 2.24 bits per heavy atom. The van der Waals surface area contributed by atoms with Gasteiger partial charge in [-0.25, -0.2) is 0 Å². The number of hydrogen-bond acceptors (Lipinski definition) is 6. The smallest absolute Gasteiger partial charge is 0.497 e. The molecule has 1 aliphatic heterocycles.